The quantitative estimate of drug-likeness (QED) is 0.0881. The molecular weight excluding hydrogens is 742 g/mol. The molecule has 6 nitrogen and oxygen atoms in total. The van der Waals surface area contributed by atoms with Crippen LogP contribution in [-0.2, 0) is 63.1 Å². The van der Waals surface area contributed by atoms with Crippen molar-refractivity contribution in [1.29, 1.82) is 0 Å². The summed E-state index contributed by atoms with van der Waals surface area (Å²) in [7, 11) is 0. The van der Waals surface area contributed by atoms with Crippen molar-refractivity contribution in [3.63, 3.8) is 0 Å². The first kappa shape index (κ1) is 40.2. The summed E-state index contributed by atoms with van der Waals surface area (Å²) >= 11 is 6.96. The molecule has 5 atom stereocenters. The minimum absolute atomic E-state index is 0.295. The molecule has 1 N–H and O–H groups in total. The molecule has 1 saturated heterocycles. The van der Waals surface area contributed by atoms with E-state index in [1.54, 1.807) is 0 Å². The molecular formula is C51H52ClNO5. The SMILES string of the molecule is Clc1ccc(C2OC(COCc3ccccc3)C(OCc3ccccc3)C(OCc3ccccc3)C2OCc2ccccc2)cc1Cc1ccc(CNC2CC2)cc1. The Bertz CT molecular complexity index is 2120. The normalized spacial score (nSPS) is 20.5. The van der Waals surface area contributed by atoms with E-state index in [1.165, 1.54) is 24.0 Å². The fraction of sp³-hybridized carbons (Fsp3) is 0.294. The van der Waals surface area contributed by atoms with Crippen LogP contribution in [0.4, 0.5) is 0 Å². The fourth-order valence-corrected chi connectivity index (χ4v) is 7.69. The number of nitrogens with one attached hydrogen (secondary N) is 1. The van der Waals surface area contributed by atoms with Crippen molar-refractivity contribution in [2.24, 2.45) is 0 Å². The summed E-state index contributed by atoms with van der Waals surface area (Å²) in [6, 6.07) is 56.6. The van der Waals surface area contributed by atoms with Crippen LogP contribution >= 0.6 is 11.6 Å². The Morgan fingerprint density at radius 2 is 1.02 bits per heavy atom. The Hall–Kier alpha value is -4.63. The molecule has 8 rings (SSSR count). The Morgan fingerprint density at radius 1 is 0.517 bits per heavy atom. The average molecular weight is 794 g/mol. The van der Waals surface area contributed by atoms with Gasteiger partial charge in [0.05, 0.1) is 33.0 Å². The van der Waals surface area contributed by atoms with Crippen LogP contribution in [0.5, 0.6) is 0 Å². The van der Waals surface area contributed by atoms with Gasteiger partial charge in [-0.15, -0.1) is 0 Å². The molecule has 0 amide bonds. The summed E-state index contributed by atoms with van der Waals surface area (Å²) in [5.74, 6) is 0. The zero-order valence-electron chi connectivity index (χ0n) is 32.8. The largest absolute Gasteiger partial charge is 0.374 e. The van der Waals surface area contributed by atoms with Crippen molar-refractivity contribution in [2.45, 2.75) is 88.8 Å². The number of benzene rings is 6. The molecule has 1 heterocycles. The molecule has 7 heteroatoms. The highest BCUT2D eigenvalue weighted by Crippen LogP contribution is 2.40. The lowest BCUT2D eigenvalue weighted by Crippen LogP contribution is -2.58. The van der Waals surface area contributed by atoms with E-state index in [4.69, 9.17) is 35.3 Å². The molecule has 2 aliphatic rings. The molecule has 0 bridgehead atoms. The third kappa shape index (κ3) is 11.3. The van der Waals surface area contributed by atoms with Crippen LogP contribution in [0, 0.1) is 0 Å². The molecule has 0 spiro atoms. The third-order valence-electron chi connectivity index (χ3n) is 10.9. The van der Waals surface area contributed by atoms with Gasteiger partial charge in [0.25, 0.3) is 0 Å². The summed E-state index contributed by atoms with van der Waals surface area (Å²) in [5.41, 5.74) is 8.75. The molecule has 298 valence electrons. The number of hydrogen-bond acceptors (Lipinski definition) is 6. The Labute approximate surface area is 348 Å². The predicted octanol–water partition coefficient (Wildman–Crippen LogP) is 10.6. The summed E-state index contributed by atoms with van der Waals surface area (Å²) in [6.45, 7) is 2.77. The highest BCUT2D eigenvalue weighted by atomic mass is 35.5. The standard InChI is InChI=1S/C51H52ClNO5/c52-46-28-25-43(30-44(46)29-37-21-23-38(24-22-37)31-53-45-26-27-45)48-50(56-34-41-17-9-3-10-18-41)51(57-35-42-19-11-4-12-20-42)49(55-33-40-15-7-2-8-16-40)47(58-48)36-54-32-39-13-5-1-6-14-39/h1-25,28,30,45,47-51,53H,26-27,29,31-36H2. The molecule has 1 aliphatic carbocycles. The van der Waals surface area contributed by atoms with Gasteiger partial charge in [-0.3, -0.25) is 0 Å². The van der Waals surface area contributed by atoms with Gasteiger partial charge in [0.2, 0.25) is 0 Å². The van der Waals surface area contributed by atoms with Crippen molar-refractivity contribution < 1.29 is 23.7 Å². The Kier molecular flexibility index (Phi) is 14.1. The maximum Gasteiger partial charge on any atom is 0.117 e. The number of ether oxygens (including phenoxy) is 5. The van der Waals surface area contributed by atoms with E-state index >= 15 is 0 Å². The van der Waals surface area contributed by atoms with Crippen LogP contribution in [0.1, 0.15) is 63.5 Å². The van der Waals surface area contributed by atoms with Crippen molar-refractivity contribution >= 4 is 11.6 Å². The van der Waals surface area contributed by atoms with Gasteiger partial charge < -0.3 is 29.0 Å². The molecule has 6 aromatic rings. The topological polar surface area (TPSA) is 58.2 Å². The van der Waals surface area contributed by atoms with E-state index in [-0.39, 0.29) is 0 Å². The molecule has 0 aromatic heterocycles. The van der Waals surface area contributed by atoms with Crippen molar-refractivity contribution in [3.05, 3.63) is 213 Å². The van der Waals surface area contributed by atoms with E-state index in [0.29, 0.717) is 50.5 Å². The lowest BCUT2D eigenvalue weighted by molar-refractivity contribution is -0.275. The van der Waals surface area contributed by atoms with E-state index in [0.717, 1.165) is 39.9 Å². The van der Waals surface area contributed by atoms with Gasteiger partial charge in [0.1, 0.15) is 30.5 Å². The Balaban J connectivity index is 1.12. The fourth-order valence-electron chi connectivity index (χ4n) is 7.51. The predicted molar refractivity (Wildman–Crippen MR) is 229 cm³/mol. The second-order valence-electron chi connectivity index (χ2n) is 15.4. The molecule has 6 aromatic carbocycles. The van der Waals surface area contributed by atoms with E-state index in [9.17, 15) is 0 Å². The Morgan fingerprint density at radius 3 is 1.57 bits per heavy atom. The minimum atomic E-state index is -0.539. The average Bonchev–Trinajstić information content (AvgIpc) is 4.11. The first-order chi connectivity index (χ1) is 28.6. The smallest absolute Gasteiger partial charge is 0.117 e. The van der Waals surface area contributed by atoms with Crippen LogP contribution in [0.25, 0.3) is 0 Å². The molecule has 5 unspecified atom stereocenters. The maximum atomic E-state index is 7.20. The summed E-state index contributed by atoms with van der Waals surface area (Å²) < 4.78 is 34.5. The van der Waals surface area contributed by atoms with Gasteiger partial charge in [0.15, 0.2) is 0 Å². The van der Waals surface area contributed by atoms with Crippen LogP contribution in [0.3, 0.4) is 0 Å². The minimum Gasteiger partial charge on any atom is -0.374 e. The van der Waals surface area contributed by atoms with Crippen molar-refractivity contribution in [2.75, 3.05) is 6.61 Å². The first-order valence-electron chi connectivity index (χ1n) is 20.5. The lowest BCUT2D eigenvalue weighted by atomic mass is 9.89. The second kappa shape index (κ2) is 20.4. The van der Waals surface area contributed by atoms with Crippen LogP contribution in [0.2, 0.25) is 5.02 Å². The van der Waals surface area contributed by atoms with Gasteiger partial charge in [-0.05, 0) is 69.8 Å². The number of rotatable bonds is 19. The molecule has 1 aliphatic heterocycles. The van der Waals surface area contributed by atoms with Crippen LogP contribution in [-0.4, -0.2) is 37.1 Å². The van der Waals surface area contributed by atoms with Gasteiger partial charge in [-0.1, -0.05) is 169 Å². The lowest BCUT2D eigenvalue weighted by Gasteiger charge is -2.46. The van der Waals surface area contributed by atoms with E-state index < -0.39 is 30.5 Å². The first-order valence-corrected chi connectivity index (χ1v) is 20.9. The second-order valence-corrected chi connectivity index (χ2v) is 15.8. The zero-order chi connectivity index (χ0) is 39.4. The number of hydrogen-bond donors (Lipinski definition) is 1. The van der Waals surface area contributed by atoms with E-state index in [1.807, 2.05) is 78.9 Å². The maximum absolute atomic E-state index is 7.20. The third-order valence-corrected chi connectivity index (χ3v) is 11.2. The van der Waals surface area contributed by atoms with Crippen LogP contribution in [0.15, 0.2) is 164 Å². The number of halogens is 1. The highest BCUT2D eigenvalue weighted by Gasteiger charge is 2.49. The van der Waals surface area contributed by atoms with Crippen LogP contribution < -0.4 is 5.32 Å². The van der Waals surface area contributed by atoms with Gasteiger partial charge >= 0.3 is 0 Å². The molecule has 2 fully saturated rings. The monoisotopic (exact) mass is 793 g/mol. The van der Waals surface area contributed by atoms with E-state index in [2.05, 4.69) is 90.2 Å². The van der Waals surface area contributed by atoms with Gasteiger partial charge in [-0.2, -0.15) is 0 Å². The van der Waals surface area contributed by atoms with Crippen molar-refractivity contribution in [1.82, 2.24) is 5.32 Å². The molecule has 58 heavy (non-hydrogen) atoms. The molecule has 1 saturated carbocycles. The van der Waals surface area contributed by atoms with Gasteiger partial charge in [-0.25, -0.2) is 0 Å². The molecule has 0 radical (unpaired) electrons. The summed E-state index contributed by atoms with van der Waals surface area (Å²) in [4.78, 5) is 0. The summed E-state index contributed by atoms with van der Waals surface area (Å²) in [5, 5.41) is 4.32. The summed E-state index contributed by atoms with van der Waals surface area (Å²) in [6.07, 6.45) is 0.665. The zero-order valence-corrected chi connectivity index (χ0v) is 33.6. The highest BCUT2D eigenvalue weighted by molar-refractivity contribution is 6.31. The van der Waals surface area contributed by atoms with Crippen molar-refractivity contribution in [3.8, 4) is 0 Å². The van der Waals surface area contributed by atoms with Gasteiger partial charge in [0, 0.05) is 17.6 Å².